The van der Waals surface area contributed by atoms with Crippen LogP contribution in [0.15, 0.2) is 6.33 Å². The Labute approximate surface area is 92.0 Å². The van der Waals surface area contributed by atoms with Gasteiger partial charge in [0.15, 0.2) is 0 Å². The van der Waals surface area contributed by atoms with Crippen LogP contribution in [0.2, 0.25) is 0 Å². The van der Waals surface area contributed by atoms with E-state index in [9.17, 15) is 4.21 Å². The zero-order valence-electron chi connectivity index (χ0n) is 8.99. The van der Waals surface area contributed by atoms with Crippen molar-refractivity contribution in [2.45, 2.75) is 13.8 Å². The summed E-state index contributed by atoms with van der Waals surface area (Å²) in [7, 11) is -0.750. The molecule has 0 spiro atoms. The fourth-order valence-corrected chi connectivity index (χ4v) is 1.69. The van der Waals surface area contributed by atoms with Crippen LogP contribution in [-0.2, 0) is 10.8 Å². The van der Waals surface area contributed by atoms with Gasteiger partial charge in [-0.05, 0) is 6.92 Å². The first-order chi connectivity index (χ1) is 7.15. The van der Waals surface area contributed by atoms with Gasteiger partial charge in [0.25, 0.3) is 0 Å². The molecule has 0 fully saturated rings. The molecule has 0 aliphatic carbocycles. The van der Waals surface area contributed by atoms with E-state index in [-0.39, 0.29) is 0 Å². The SMILES string of the molecule is CCS(=O)CCNc1ncnc(N)c1C. The van der Waals surface area contributed by atoms with Gasteiger partial charge in [-0.1, -0.05) is 6.92 Å². The van der Waals surface area contributed by atoms with Gasteiger partial charge in [-0.25, -0.2) is 9.97 Å². The van der Waals surface area contributed by atoms with Gasteiger partial charge in [-0.2, -0.15) is 0 Å². The lowest BCUT2D eigenvalue weighted by Gasteiger charge is -2.08. The molecule has 1 heterocycles. The maximum atomic E-state index is 11.2. The first kappa shape index (κ1) is 11.9. The number of nitrogen functional groups attached to an aromatic ring is 1. The highest BCUT2D eigenvalue weighted by Gasteiger charge is 2.03. The van der Waals surface area contributed by atoms with E-state index >= 15 is 0 Å². The monoisotopic (exact) mass is 228 g/mol. The van der Waals surface area contributed by atoms with E-state index in [1.807, 2.05) is 13.8 Å². The summed E-state index contributed by atoms with van der Waals surface area (Å²) in [5.74, 6) is 2.51. The maximum Gasteiger partial charge on any atom is 0.134 e. The molecule has 6 heteroatoms. The highest BCUT2D eigenvalue weighted by atomic mass is 32.2. The molecule has 1 rings (SSSR count). The topological polar surface area (TPSA) is 80.9 Å². The van der Waals surface area contributed by atoms with Crippen molar-refractivity contribution in [1.82, 2.24) is 9.97 Å². The van der Waals surface area contributed by atoms with Gasteiger partial charge in [0.1, 0.15) is 18.0 Å². The molecular weight excluding hydrogens is 212 g/mol. The summed E-state index contributed by atoms with van der Waals surface area (Å²) >= 11 is 0. The standard InChI is InChI=1S/C9H16N4OS/c1-3-15(14)5-4-11-9-7(2)8(10)12-6-13-9/h6H,3-5H2,1-2H3,(H3,10,11,12,13). The summed E-state index contributed by atoms with van der Waals surface area (Å²) in [5.41, 5.74) is 6.46. The van der Waals surface area contributed by atoms with Crippen LogP contribution >= 0.6 is 0 Å². The van der Waals surface area contributed by atoms with Gasteiger partial charge in [-0.15, -0.1) is 0 Å². The van der Waals surface area contributed by atoms with E-state index < -0.39 is 10.8 Å². The van der Waals surface area contributed by atoms with Crippen molar-refractivity contribution >= 4 is 22.4 Å². The van der Waals surface area contributed by atoms with E-state index in [0.29, 0.717) is 23.9 Å². The third-order valence-corrected chi connectivity index (χ3v) is 3.37. The number of nitrogens with zero attached hydrogens (tertiary/aromatic N) is 2. The average molecular weight is 228 g/mol. The van der Waals surface area contributed by atoms with Crippen molar-refractivity contribution in [1.29, 1.82) is 0 Å². The molecule has 3 N–H and O–H groups in total. The van der Waals surface area contributed by atoms with E-state index in [1.165, 1.54) is 6.33 Å². The van der Waals surface area contributed by atoms with Crippen molar-refractivity contribution in [2.24, 2.45) is 0 Å². The Morgan fingerprint density at radius 3 is 2.93 bits per heavy atom. The molecule has 84 valence electrons. The minimum Gasteiger partial charge on any atom is -0.383 e. The molecule has 0 aromatic carbocycles. The predicted octanol–water partition coefficient (Wildman–Crippen LogP) is 0.548. The summed E-state index contributed by atoms with van der Waals surface area (Å²) in [6.07, 6.45) is 1.42. The van der Waals surface area contributed by atoms with Gasteiger partial charge in [0.2, 0.25) is 0 Å². The fourth-order valence-electron chi connectivity index (χ4n) is 1.07. The van der Waals surface area contributed by atoms with Crippen LogP contribution in [0.3, 0.4) is 0 Å². The summed E-state index contributed by atoms with van der Waals surface area (Å²) in [5, 5.41) is 3.09. The van der Waals surface area contributed by atoms with Gasteiger partial charge in [0.05, 0.1) is 0 Å². The van der Waals surface area contributed by atoms with Gasteiger partial charge >= 0.3 is 0 Å². The quantitative estimate of drug-likeness (QED) is 0.769. The summed E-state index contributed by atoms with van der Waals surface area (Å²) in [6.45, 7) is 4.40. The molecule has 0 amide bonds. The molecule has 1 unspecified atom stereocenters. The second kappa shape index (κ2) is 5.65. The normalized spacial score (nSPS) is 12.4. The number of nitrogens with two attached hydrogens (primary N) is 1. The Kier molecular flexibility index (Phi) is 4.48. The third-order valence-electron chi connectivity index (χ3n) is 2.07. The molecule has 0 saturated heterocycles. The lowest BCUT2D eigenvalue weighted by molar-refractivity contribution is 0.684. The number of aromatic nitrogens is 2. The lowest BCUT2D eigenvalue weighted by atomic mass is 10.3. The first-order valence-electron chi connectivity index (χ1n) is 4.81. The van der Waals surface area contributed by atoms with Crippen LogP contribution in [0.5, 0.6) is 0 Å². The summed E-state index contributed by atoms with van der Waals surface area (Å²) in [6, 6.07) is 0. The van der Waals surface area contributed by atoms with E-state index in [1.54, 1.807) is 0 Å². The molecule has 5 nitrogen and oxygen atoms in total. The Bertz CT molecular complexity index is 356. The van der Waals surface area contributed by atoms with Crippen LogP contribution in [0, 0.1) is 6.92 Å². The summed E-state index contributed by atoms with van der Waals surface area (Å²) in [4.78, 5) is 7.93. The number of rotatable bonds is 5. The maximum absolute atomic E-state index is 11.2. The minimum atomic E-state index is -0.750. The first-order valence-corrected chi connectivity index (χ1v) is 6.29. The Hall–Kier alpha value is -1.17. The molecule has 0 saturated carbocycles. The van der Waals surface area contributed by atoms with Gasteiger partial charge < -0.3 is 11.1 Å². The number of hydrogen-bond donors (Lipinski definition) is 2. The van der Waals surface area contributed by atoms with Gasteiger partial charge in [-0.3, -0.25) is 4.21 Å². The Balaban J connectivity index is 2.51. The molecule has 0 aliphatic heterocycles. The smallest absolute Gasteiger partial charge is 0.134 e. The molecule has 1 atom stereocenters. The second-order valence-corrected chi connectivity index (χ2v) is 4.96. The largest absolute Gasteiger partial charge is 0.383 e. The molecule has 1 aromatic heterocycles. The Morgan fingerprint density at radius 1 is 1.53 bits per heavy atom. The zero-order valence-corrected chi connectivity index (χ0v) is 9.80. The average Bonchev–Trinajstić information content (AvgIpc) is 2.24. The van der Waals surface area contributed by atoms with E-state index in [2.05, 4.69) is 15.3 Å². The van der Waals surface area contributed by atoms with Crippen LogP contribution in [-0.4, -0.2) is 32.2 Å². The molecule has 0 bridgehead atoms. The fraction of sp³-hybridized carbons (Fsp3) is 0.556. The van der Waals surface area contributed by atoms with Crippen molar-refractivity contribution in [3.05, 3.63) is 11.9 Å². The number of hydrogen-bond acceptors (Lipinski definition) is 5. The zero-order chi connectivity index (χ0) is 11.3. The molecule has 0 radical (unpaired) electrons. The number of nitrogens with one attached hydrogen (secondary N) is 1. The van der Waals surface area contributed by atoms with Crippen molar-refractivity contribution in [3.8, 4) is 0 Å². The molecule has 0 aliphatic rings. The predicted molar refractivity (Wildman–Crippen MR) is 63.2 cm³/mol. The second-order valence-electron chi connectivity index (χ2n) is 3.09. The van der Waals surface area contributed by atoms with Crippen LogP contribution < -0.4 is 11.1 Å². The van der Waals surface area contributed by atoms with Gasteiger partial charge in [0, 0.05) is 34.4 Å². The van der Waals surface area contributed by atoms with Crippen molar-refractivity contribution < 1.29 is 4.21 Å². The third kappa shape index (κ3) is 3.47. The molecule has 1 aromatic rings. The number of anilines is 2. The minimum absolute atomic E-state index is 0.476. The highest BCUT2D eigenvalue weighted by Crippen LogP contribution is 2.14. The lowest BCUT2D eigenvalue weighted by Crippen LogP contribution is -2.14. The molecular formula is C9H16N4OS. The molecule has 15 heavy (non-hydrogen) atoms. The van der Waals surface area contributed by atoms with Crippen molar-refractivity contribution in [3.63, 3.8) is 0 Å². The van der Waals surface area contributed by atoms with E-state index in [4.69, 9.17) is 5.73 Å². The Morgan fingerprint density at radius 2 is 2.27 bits per heavy atom. The highest BCUT2D eigenvalue weighted by molar-refractivity contribution is 7.84. The van der Waals surface area contributed by atoms with Crippen LogP contribution in [0.1, 0.15) is 12.5 Å². The van der Waals surface area contributed by atoms with E-state index in [0.717, 1.165) is 11.4 Å². The van der Waals surface area contributed by atoms with Crippen molar-refractivity contribution in [2.75, 3.05) is 29.1 Å². The summed E-state index contributed by atoms with van der Waals surface area (Å²) < 4.78 is 11.2. The van der Waals surface area contributed by atoms with Crippen LogP contribution in [0.4, 0.5) is 11.6 Å². The van der Waals surface area contributed by atoms with Crippen LogP contribution in [0.25, 0.3) is 0 Å².